The normalized spacial score (nSPS) is 16.9. The minimum Gasteiger partial charge on any atom is -0.342 e. The lowest BCUT2D eigenvalue weighted by Gasteiger charge is -2.32. The molecule has 7 heteroatoms. The van der Waals surface area contributed by atoms with Gasteiger partial charge in [-0.1, -0.05) is 30.3 Å². The molecular weight excluding hydrogens is 346 g/mol. The largest absolute Gasteiger partial charge is 0.342 e. The van der Waals surface area contributed by atoms with Gasteiger partial charge in [-0.15, -0.1) is 0 Å². The third kappa shape index (κ3) is 5.03. The van der Waals surface area contributed by atoms with Gasteiger partial charge >= 0.3 is 5.69 Å². The second-order valence-electron chi connectivity index (χ2n) is 6.86. The number of rotatable bonds is 6. The van der Waals surface area contributed by atoms with Crippen LogP contribution >= 0.6 is 0 Å². The number of H-pyrrole nitrogens is 1. The first-order valence-electron chi connectivity index (χ1n) is 9.17. The first kappa shape index (κ1) is 18.8. The summed E-state index contributed by atoms with van der Waals surface area (Å²) in [6.45, 7) is 1.27. The van der Waals surface area contributed by atoms with Gasteiger partial charge in [-0.25, -0.2) is 4.79 Å². The number of Topliss-reactive ketones (excluding diaryl/α,β-unsaturated/α-hetero) is 1. The number of amides is 1. The third-order valence-corrected chi connectivity index (χ3v) is 4.91. The Labute approximate surface area is 156 Å². The van der Waals surface area contributed by atoms with E-state index in [9.17, 15) is 19.2 Å². The maximum Gasteiger partial charge on any atom is 0.328 e. The summed E-state index contributed by atoms with van der Waals surface area (Å²) in [7, 11) is 0. The molecule has 1 aromatic carbocycles. The Hall–Kier alpha value is -2.96. The molecule has 1 aliphatic rings. The van der Waals surface area contributed by atoms with Crippen molar-refractivity contribution in [2.45, 2.75) is 32.2 Å². The van der Waals surface area contributed by atoms with Crippen LogP contribution < -0.4 is 11.2 Å². The van der Waals surface area contributed by atoms with Gasteiger partial charge in [0.05, 0.1) is 0 Å². The third-order valence-electron chi connectivity index (χ3n) is 4.91. The van der Waals surface area contributed by atoms with Crippen molar-refractivity contribution in [2.75, 3.05) is 13.1 Å². The number of carbonyl (C=O) groups excluding carboxylic acids is 2. The van der Waals surface area contributed by atoms with Crippen LogP contribution in [0.1, 0.15) is 24.8 Å². The standard InChI is InChI=1S/C20H23N3O4/c24-17(13-15-5-2-1-3-6-15)16-7-4-10-23(14-16)19(26)9-12-22-11-8-18(25)21-20(22)27/h1-3,5-6,8,11,16H,4,7,9-10,12-14H2,(H,21,25,27)/t16-/m0/s1. The zero-order valence-electron chi connectivity index (χ0n) is 15.1. The van der Waals surface area contributed by atoms with E-state index in [0.717, 1.165) is 18.4 Å². The predicted octanol–water partition coefficient (Wildman–Crippen LogP) is 0.977. The van der Waals surface area contributed by atoms with E-state index in [2.05, 4.69) is 4.98 Å². The van der Waals surface area contributed by atoms with Gasteiger partial charge in [-0.2, -0.15) is 0 Å². The van der Waals surface area contributed by atoms with Crippen molar-refractivity contribution < 1.29 is 9.59 Å². The van der Waals surface area contributed by atoms with Crippen LogP contribution in [0.3, 0.4) is 0 Å². The summed E-state index contributed by atoms with van der Waals surface area (Å²) in [5, 5.41) is 0. The van der Waals surface area contributed by atoms with Gasteiger partial charge in [0, 0.05) is 50.7 Å². The molecular formula is C20H23N3O4. The van der Waals surface area contributed by atoms with Crippen LogP contribution in [0.2, 0.25) is 0 Å². The Morgan fingerprint density at radius 3 is 2.63 bits per heavy atom. The summed E-state index contributed by atoms with van der Waals surface area (Å²) in [6.07, 6.45) is 3.53. The highest BCUT2D eigenvalue weighted by Gasteiger charge is 2.28. The summed E-state index contributed by atoms with van der Waals surface area (Å²) >= 11 is 0. The first-order chi connectivity index (χ1) is 13.0. The van der Waals surface area contributed by atoms with Crippen LogP contribution in [0, 0.1) is 5.92 Å². The highest BCUT2D eigenvalue weighted by atomic mass is 16.2. The molecule has 1 aliphatic heterocycles. The van der Waals surface area contributed by atoms with Gasteiger partial charge in [-0.05, 0) is 18.4 Å². The molecule has 0 unspecified atom stereocenters. The summed E-state index contributed by atoms with van der Waals surface area (Å²) in [5.74, 6) is -0.0560. The topological polar surface area (TPSA) is 92.2 Å². The van der Waals surface area contributed by atoms with Gasteiger partial charge in [0.15, 0.2) is 0 Å². The number of hydrogen-bond donors (Lipinski definition) is 1. The van der Waals surface area contributed by atoms with E-state index in [4.69, 9.17) is 0 Å². The van der Waals surface area contributed by atoms with Crippen molar-refractivity contribution in [1.29, 1.82) is 0 Å². The molecule has 2 aromatic rings. The molecule has 1 fully saturated rings. The van der Waals surface area contributed by atoms with Crippen LogP contribution in [0.15, 0.2) is 52.2 Å². The quantitative estimate of drug-likeness (QED) is 0.821. The van der Waals surface area contributed by atoms with Gasteiger partial charge in [-0.3, -0.25) is 19.4 Å². The second kappa shape index (κ2) is 8.62. The number of aryl methyl sites for hydroxylation is 1. The molecule has 27 heavy (non-hydrogen) atoms. The van der Waals surface area contributed by atoms with Crippen LogP contribution in [-0.2, 0) is 22.6 Å². The van der Waals surface area contributed by atoms with Crippen molar-refractivity contribution in [3.05, 3.63) is 69.0 Å². The Balaban J connectivity index is 1.55. The molecule has 0 spiro atoms. The molecule has 1 aromatic heterocycles. The summed E-state index contributed by atoms with van der Waals surface area (Å²) in [4.78, 5) is 51.7. The minimum absolute atomic E-state index is 0.0784. The number of nitrogens with zero attached hydrogens (tertiary/aromatic N) is 2. The van der Waals surface area contributed by atoms with E-state index in [-0.39, 0.29) is 30.6 Å². The van der Waals surface area contributed by atoms with Gasteiger partial charge in [0.25, 0.3) is 5.56 Å². The SMILES string of the molecule is O=C(Cc1ccccc1)[C@H]1CCCN(C(=O)CCn2ccc(=O)[nH]c2=O)C1. The van der Waals surface area contributed by atoms with Crippen LogP contribution in [0.25, 0.3) is 0 Å². The van der Waals surface area contributed by atoms with E-state index in [1.54, 1.807) is 4.90 Å². The molecule has 3 rings (SSSR count). The Bertz CT molecular complexity index is 917. The number of benzene rings is 1. The molecule has 7 nitrogen and oxygen atoms in total. The summed E-state index contributed by atoms with van der Waals surface area (Å²) < 4.78 is 1.31. The minimum atomic E-state index is -0.523. The fourth-order valence-corrected chi connectivity index (χ4v) is 3.40. The molecule has 1 saturated heterocycles. The molecule has 1 amide bonds. The number of nitrogens with one attached hydrogen (secondary N) is 1. The van der Waals surface area contributed by atoms with Crippen LogP contribution in [0.5, 0.6) is 0 Å². The monoisotopic (exact) mass is 369 g/mol. The van der Waals surface area contributed by atoms with Gasteiger partial charge in [0.2, 0.25) is 5.91 Å². The van der Waals surface area contributed by atoms with E-state index >= 15 is 0 Å². The molecule has 1 N–H and O–H groups in total. The van der Waals surface area contributed by atoms with Crippen LogP contribution in [0.4, 0.5) is 0 Å². The number of ketones is 1. The first-order valence-corrected chi connectivity index (χ1v) is 9.17. The zero-order valence-corrected chi connectivity index (χ0v) is 15.1. The van der Waals surface area contributed by atoms with E-state index < -0.39 is 11.2 Å². The lowest BCUT2D eigenvalue weighted by Crippen LogP contribution is -2.43. The highest BCUT2D eigenvalue weighted by Crippen LogP contribution is 2.20. The molecule has 142 valence electrons. The second-order valence-corrected chi connectivity index (χ2v) is 6.86. The fourth-order valence-electron chi connectivity index (χ4n) is 3.40. The lowest BCUT2D eigenvalue weighted by atomic mass is 9.90. The Morgan fingerprint density at radius 2 is 1.89 bits per heavy atom. The molecule has 2 heterocycles. The number of carbonyl (C=O) groups is 2. The number of aromatic amines is 1. The average molecular weight is 369 g/mol. The molecule has 0 aliphatic carbocycles. The lowest BCUT2D eigenvalue weighted by molar-refractivity contribution is -0.135. The Morgan fingerprint density at radius 1 is 1.11 bits per heavy atom. The molecule has 1 atom stereocenters. The predicted molar refractivity (Wildman–Crippen MR) is 100 cm³/mol. The van der Waals surface area contributed by atoms with E-state index in [0.29, 0.717) is 19.5 Å². The summed E-state index contributed by atoms with van der Waals surface area (Å²) in [5.41, 5.74) is 0.00614. The molecule has 0 saturated carbocycles. The van der Waals surface area contributed by atoms with Crippen molar-refractivity contribution >= 4 is 11.7 Å². The number of aromatic nitrogens is 2. The maximum absolute atomic E-state index is 12.6. The fraction of sp³-hybridized carbons (Fsp3) is 0.400. The van der Waals surface area contributed by atoms with Gasteiger partial charge in [0.1, 0.15) is 5.78 Å². The maximum atomic E-state index is 12.6. The molecule has 0 bridgehead atoms. The van der Waals surface area contributed by atoms with Crippen molar-refractivity contribution in [3.63, 3.8) is 0 Å². The van der Waals surface area contributed by atoms with E-state index in [1.807, 2.05) is 30.3 Å². The van der Waals surface area contributed by atoms with Crippen molar-refractivity contribution in [3.8, 4) is 0 Å². The van der Waals surface area contributed by atoms with Crippen molar-refractivity contribution in [1.82, 2.24) is 14.5 Å². The zero-order chi connectivity index (χ0) is 19.2. The van der Waals surface area contributed by atoms with Crippen molar-refractivity contribution in [2.24, 2.45) is 5.92 Å². The molecule has 0 radical (unpaired) electrons. The Kier molecular flexibility index (Phi) is 6.01. The summed E-state index contributed by atoms with van der Waals surface area (Å²) in [6, 6.07) is 10.9. The average Bonchev–Trinajstić information content (AvgIpc) is 2.68. The number of piperidine rings is 1. The van der Waals surface area contributed by atoms with Crippen LogP contribution in [-0.4, -0.2) is 39.2 Å². The van der Waals surface area contributed by atoms with Gasteiger partial charge < -0.3 is 9.47 Å². The number of hydrogen-bond acceptors (Lipinski definition) is 4. The smallest absolute Gasteiger partial charge is 0.328 e. The van der Waals surface area contributed by atoms with E-state index in [1.165, 1.54) is 16.8 Å². The number of likely N-dealkylation sites (tertiary alicyclic amines) is 1. The highest BCUT2D eigenvalue weighted by molar-refractivity contribution is 5.84.